The van der Waals surface area contributed by atoms with Crippen LogP contribution in [-0.4, -0.2) is 36.0 Å². The number of ether oxygens (including phenoxy) is 1. The van der Waals surface area contributed by atoms with E-state index in [4.69, 9.17) is 13.1 Å². The molecule has 0 radical (unpaired) electrons. The first kappa shape index (κ1) is 27.3. The monoisotopic (exact) mass is 530 g/mol. The van der Waals surface area contributed by atoms with E-state index in [9.17, 15) is 16.8 Å². The molecule has 0 bridgehead atoms. The number of benzene rings is 3. The quantitative estimate of drug-likeness (QED) is 0.260. The number of aryl methyl sites for hydroxylation is 2. The third kappa shape index (κ3) is 7.60. The topological polar surface area (TPSA) is 96.0 Å². The summed E-state index contributed by atoms with van der Waals surface area (Å²) in [4.78, 5) is 0. The SMILES string of the molecule is CC(C)=CCOc1ccc(-c2cc(C)c(-c3ccc(OS(C)(=O)=O)cc3)cc2C)cc1OS(C)(=O)=O. The van der Waals surface area contributed by atoms with Crippen LogP contribution in [0.3, 0.4) is 0 Å². The lowest BCUT2D eigenvalue weighted by Crippen LogP contribution is -2.08. The van der Waals surface area contributed by atoms with Crippen molar-refractivity contribution in [3.63, 3.8) is 0 Å². The van der Waals surface area contributed by atoms with Gasteiger partial charge in [0.1, 0.15) is 12.4 Å². The van der Waals surface area contributed by atoms with Gasteiger partial charge in [-0.1, -0.05) is 35.9 Å². The molecule has 0 spiro atoms. The van der Waals surface area contributed by atoms with Gasteiger partial charge in [-0.25, -0.2) is 0 Å². The van der Waals surface area contributed by atoms with E-state index in [-0.39, 0.29) is 11.5 Å². The molecule has 7 nitrogen and oxygen atoms in total. The number of rotatable bonds is 9. The Kier molecular flexibility index (Phi) is 8.15. The van der Waals surface area contributed by atoms with Crippen LogP contribution in [0.4, 0.5) is 0 Å². The average Bonchev–Trinajstić information content (AvgIpc) is 2.74. The fourth-order valence-corrected chi connectivity index (χ4v) is 4.54. The zero-order valence-electron chi connectivity index (χ0n) is 21.2. The zero-order valence-corrected chi connectivity index (χ0v) is 22.8. The van der Waals surface area contributed by atoms with Gasteiger partial charge in [0.2, 0.25) is 0 Å². The fraction of sp³-hybridized carbons (Fsp3) is 0.259. The molecule has 192 valence electrons. The Balaban J connectivity index is 1.98. The van der Waals surface area contributed by atoms with Crippen molar-refractivity contribution in [1.82, 2.24) is 0 Å². The third-order valence-electron chi connectivity index (χ3n) is 5.21. The molecule has 0 heterocycles. The summed E-state index contributed by atoms with van der Waals surface area (Å²) in [5.41, 5.74) is 6.64. The third-order valence-corrected chi connectivity index (χ3v) is 6.19. The lowest BCUT2D eigenvalue weighted by molar-refractivity contribution is 0.347. The van der Waals surface area contributed by atoms with E-state index in [0.717, 1.165) is 51.5 Å². The summed E-state index contributed by atoms with van der Waals surface area (Å²) in [6, 6.07) is 16.1. The van der Waals surface area contributed by atoms with Gasteiger partial charge in [-0.05, 0) is 91.4 Å². The molecular weight excluding hydrogens is 500 g/mol. The largest absolute Gasteiger partial charge is 0.486 e. The van der Waals surface area contributed by atoms with Gasteiger partial charge in [0.05, 0.1) is 12.5 Å². The highest BCUT2D eigenvalue weighted by molar-refractivity contribution is 7.86. The van der Waals surface area contributed by atoms with Gasteiger partial charge >= 0.3 is 20.2 Å². The highest BCUT2D eigenvalue weighted by atomic mass is 32.2. The van der Waals surface area contributed by atoms with Crippen molar-refractivity contribution in [2.45, 2.75) is 27.7 Å². The molecule has 0 aliphatic rings. The lowest BCUT2D eigenvalue weighted by atomic mass is 9.92. The standard InChI is InChI=1S/C27H30O7S2/c1-18(2)13-14-32-26-12-9-22(17-27(26)34-36(6,30)31)25-16-19(3)24(15-20(25)4)21-7-10-23(11-8-21)33-35(5,28)29/h7-13,15-17H,14H2,1-6H3. The Labute approximate surface area is 213 Å². The summed E-state index contributed by atoms with van der Waals surface area (Å²) in [5.74, 6) is 0.710. The fourth-order valence-electron chi connectivity index (χ4n) is 3.62. The van der Waals surface area contributed by atoms with E-state index < -0.39 is 20.2 Å². The van der Waals surface area contributed by atoms with E-state index in [1.807, 2.05) is 52.0 Å². The summed E-state index contributed by atoms with van der Waals surface area (Å²) >= 11 is 0. The maximum Gasteiger partial charge on any atom is 0.306 e. The van der Waals surface area contributed by atoms with E-state index >= 15 is 0 Å². The summed E-state index contributed by atoms with van der Waals surface area (Å²) in [7, 11) is -7.35. The van der Waals surface area contributed by atoms with Crippen LogP contribution < -0.4 is 13.1 Å². The molecule has 3 aromatic carbocycles. The van der Waals surface area contributed by atoms with Crippen LogP contribution in [0.25, 0.3) is 22.3 Å². The van der Waals surface area contributed by atoms with Crippen LogP contribution in [0.1, 0.15) is 25.0 Å². The molecule has 3 aromatic rings. The maximum atomic E-state index is 11.9. The zero-order chi connectivity index (χ0) is 26.7. The van der Waals surface area contributed by atoms with Crippen LogP contribution in [0, 0.1) is 13.8 Å². The van der Waals surface area contributed by atoms with Crippen molar-refractivity contribution >= 4 is 20.2 Å². The minimum atomic E-state index is -3.76. The van der Waals surface area contributed by atoms with Crippen molar-refractivity contribution < 1.29 is 29.9 Å². The van der Waals surface area contributed by atoms with Crippen LogP contribution in [0.2, 0.25) is 0 Å². The van der Waals surface area contributed by atoms with Crippen LogP contribution in [0.5, 0.6) is 17.2 Å². The molecule has 36 heavy (non-hydrogen) atoms. The molecule has 9 heteroatoms. The number of hydrogen-bond acceptors (Lipinski definition) is 7. The van der Waals surface area contributed by atoms with E-state index in [0.29, 0.717) is 12.4 Å². The van der Waals surface area contributed by atoms with Crippen molar-refractivity contribution in [2.24, 2.45) is 0 Å². The minimum Gasteiger partial charge on any atom is -0.486 e. The van der Waals surface area contributed by atoms with Crippen molar-refractivity contribution in [3.8, 4) is 39.5 Å². The van der Waals surface area contributed by atoms with Gasteiger partial charge in [0.25, 0.3) is 0 Å². The average molecular weight is 531 g/mol. The maximum absolute atomic E-state index is 11.9. The van der Waals surface area contributed by atoms with Gasteiger partial charge in [0.15, 0.2) is 11.5 Å². The van der Waals surface area contributed by atoms with E-state index in [1.54, 1.807) is 36.4 Å². The van der Waals surface area contributed by atoms with E-state index in [1.165, 1.54) is 0 Å². The molecule has 0 unspecified atom stereocenters. The molecule has 0 aliphatic carbocycles. The molecule has 0 amide bonds. The molecule has 0 saturated carbocycles. The Bertz CT molecular complexity index is 1500. The number of allylic oxidation sites excluding steroid dienone is 1. The summed E-state index contributed by atoms with van der Waals surface area (Å²) in [5, 5.41) is 0. The van der Waals surface area contributed by atoms with Crippen LogP contribution in [-0.2, 0) is 20.2 Å². The van der Waals surface area contributed by atoms with Crippen LogP contribution in [0.15, 0.2) is 66.2 Å². The molecule has 3 rings (SSSR count). The minimum absolute atomic E-state index is 0.125. The summed E-state index contributed by atoms with van der Waals surface area (Å²) < 4.78 is 62.3. The molecule has 0 atom stereocenters. The highest BCUT2D eigenvalue weighted by Gasteiger charge is 2.15. The first-order valence-corrected chi connectivity index (χ1v) is 14.8. The first-order chi connectivity index (χ1) is 16.7. The second-order valence-corrected chi connectivity index (χ2v) is 12.0. The molecule has 0 fully saturated rings. The molecule has 0 aromatic heterocycles. The van der Waals surface area contributed by atoms with Crippen molar-refractivity contribution in [3.05, 3.63) is 77.4 Å². The predicted octanol–water partition coefficient (Wildman–Crippen LogP) is 5.66. The van der Waals surface area contributed by atoms with Gasteiger partial charge in [-0.2, -0.15) is 16.8 Å². The van der Waals surface area contributed by atoms with Crippen LogP contribution >= 0.6 is 0 Å². The number of hydrogen-bond donors (Lipinski definition) is 0. The highest BCUT2D eigenvalue weighted by Crippen LogP contribution is 2.37. The molecule has 0 aliphatic heterocycles. The Hall–Kier alpha value is -3.30. The normalized spacial score (nSPS) is 11.6. The molecular formula is C27H30O7S2. The first-order valence-electron chi connectivity index (χ1n) is 11.1. The van der Waals surface area contributed by atoms with Gasteiger partial charge in [0, 0.05) is 0 Å². The Morgan fingerprint density at radius 1 is 0.722 bits per heavy atom. The van der Waals surface area contributed by atoms with Crippen molar-refractivity contribution in [2.75, 3.05) is 19.1 Å². The van der Waals surface area contributed by atoms with E-state index in [2.05, 4.69) is 0 Å². The smallest absolute Gasteiger partial charge is 0.306 e. The van der Waals surface area contributed by atoms with Crippen molar-refractivity contribution in [1.29, 1.82) is 0 Å². The Morgan fingerprint density at radius 2 is 1.25 bits per heavy atom. The van der Waals surface area contributed by atoms with Gasteiger partial charge in [-0.3, -0.25) is 0 Å². The molecule has 0 N–H and O–H groups in total. The predicted molar refractivity (Wildman–Crippen MR) is 143 cm³/mol. The second kappa shape index (κ2) is 10.8. The summed E-state index contributed by atoms with van der Waals surface area (Å²) in [6.45, 7) is 8.14. The molecule has 0 saturated heterocycles. The van der Waals surface area contributed by atoms with Gasteiger partial charge in [-0.15, -0.1) is 0 Å². The Morgan fingerprint density at radius 3 is 1.78 bits per heavy atom. The second-order valence-electron chi connectivity index (χ2n) is 8.84. The lowest BCUT2D eigenvalue weighted by Gasteiger charge is -2.16. The summed E-state index contributed by atoms with van der Waals surface area (Å²) in [6.07, 6.45) is 3.89. The van der Waals surface area contributed by atoms with Gasteiger partial charge < -0.3 is 13.1 Å².